The molecule has 0 bridgehead atoms. The highest BCUT2D eigenvalue weighted by Crippen LogP contribution is 2.26. The summed E-state index contributed by atoms with van der Waals surface area (Å²) in [7, 11) is 0. The third kappa shape index (κ3) is 5.67. The molecule has 0 radical (unpaired) electrons. The summed E-state index contributed by atoms with van der Waals surface area (Å²) in [5, 5.41) is 15.5. The van der Waals surface area contributed by atoms with E-state index >= 15 is 0 Å². The number of likely N-dealkylation sites (tertiary alicyclic amines) is 1. The van der Waals surface area contributed by atoms with Crippen molar-refractivity contribution in [3.63, 3.8) is 0 Å². The first-order chi connectivity index (χ1) is 15.7. The molecule has 0 aliphatic carbocycles. The summed E-state index contributed by atoms with van der Waals surface area (Å²) in [5.41, 5.74) is 1.02. The number of ether oxygens (including phenoxy) is 1. The Balaban J connectivity index is 1.39. The average Bonchev–Trinajstić information content (AvgIpc) is 3.12. The third-order valence-electron chi connectivity index (χ3n) is 6.16. The minimum Gasteiger partial charge on any atom is -0.451 e. The van der Waals surface area contributed by atoms with Crippen LogP contribution in [0.2, 0.25) is 0 Å². The van der Waals surface area contributed by atoms with Crippen molar-refractivity contribution in [2.75, 3.05) is 19.6 Å². The Kier molecular flexibility index (Phi) is 7.75. The maximum atomic E-state index is 13.4. The number of aliphatic hydroxyl groups excluding tert-OH is 1. The lowest BCUT2D eigenvalue weighted by Gasteiger charge is -2.27. The molecule has 168 valence electrons. The van der Waals surface area contributed by atoms with Crippen LogP contribution in [0.3, 0.4) is 0 Å². The number of aliphatic hydroxyl groups is 1. The maximum Gasteiger partial charge on any atom is 0.257 e. The normalized spacial score (nSPS) is 16.3. The monoisotopic (exact) mass is 432 g/mol. The van der Waals surface area contributed by atoms with Crippen LogP contribution in [0.15, 0.2) is 72.8 Å². The number of carbonyl (C=O) groups is 1. The van der Waals surface area contributed by atoms with Crippen molar-refractivity contribution >= 4 is 16.7 Å². The van der Waals surface area contributed by atoms with Gasteiger partial charge in [0.1, 0.15) is 5.75 Å². The Labute approximate surface area is 190 Å². The molecular formula is C27H32N2O3. The second-order valence-corrected chi connectivity index (χ2v) is 8.39. The van der Waals surface area contributed by atoms with E-state index in [1.54, 1.807) is 0 Å². The molecule has 1 aliphatic heterocycles. The van der Waals surface area contributed by atoms with Crippen molar-refractivity contribution in [2.45, 2.75) is 44.4 Å². The second-order valence-electron chi connectivity index (χ2n) is 8.39. The van der Waals surface area contributed by atoms with Gasteiger partial charge < -0.3 is 14.7 Å². The number of fused-ring (bicyclic) bond motifs is 1. The number of hydrogen-bond donors (Lipinski definition) is 2. The summed E-state index contributed by atoms with van der Waals surface area (Å²) in [5.74, 6) is 0.583. The van der Waals surface area contributed by atoms with Gasteiger partial charge in [0.15, 0.2) is 0 Å². The van der Waals surface area contributed by atoms with Crippen LogP contribution < -0.4 is 10.1 Å². The van der Waals surface area contributed by atoms with E-state index in [4.69, 9.17) is 4.74 Å². The zero-order valence-electron chi connectivity index (χ0n) is 18.5. The molecule has 4 rings (SSSR count). The van der Waals surface area contributed by atoms with Crippen molar-refractivity contribution < 1.29 is 14.6 Å². The summed E-state index contributed by atoms with van der Waals surface area (Å²) in [4.78, 5) is 15.4. The lowest BCUT2D eigenvalue weighted by Crippen LogP contribution is -2.39. The molecule has 2 N–H and O–H groups in total. The van der Waals surface area contributed by atoms with Crippen molar-refractivity contribution in [1.82, 2.24) is 10.2 Å². The second kappa shape index (κ2) is 11.1. The van der Waals surface area contributed by atoms with E-state index in [1.807, 2.05) is 77.7 Å². The highest BCUT2D eigenvalue weighted by atomic mass is 16.6. The number of benzene rings is 3. The first kappa shape index (κ1) is 22.3. The quantitative estimate of drug-likeness (QED) is 0.508. The van der Waals surface area contributed by atoms with Gasteiger partial charge in [0.2, 0.25) is 5.91 Å². The molecular weight excluding hydrogens is 400 g/mol. The van der Waals surface area contributed by atoms with Gasteiger partial charge in [-0.1, -0.05) is 79.6 Å². The van der Waals surface area contributed by atoms with Gasteiger partial charge in [0, 0.05) is 25.0 Å². The predicted molar refractivity (Wildman–Crippen MR) is 127 cm³/mol. The van der Waals surface area contributed by atoms with Gasteiger partial charge in [0.25, 0.3) is 6.41 Å². The van der Waals surface area contributed by atoms with Gasteiger partial charge >= 0.3 is 0 Å². The number of carbonyl (C=O) groups excluding carboxylic acids is 1. The molecule has 2 unspecified atom stereocenters. The van der Waals surface area contributed by atoms with Crippen LogP contribution in [0, 0.1) is 0 Å². The molecule has 1 amide bonds. The van der Waals surface area contributed by atoms with Crippen LogP contribution in [0.4, 0.5) is 0 Å². The van der Waals surface area contributed by atoms with Crippen molar-refractivity contribution in [1.29, 1.82) is 0 Å². The lowest BCUT2D eigenvalue weighted by molar-refractivity contribution is -0.133. The standard InChI is InChI=1S/C27H32N2O3/c30-26(29-19-8-1-2-9-20-29)24(22-11-4-3-5-12-22)17-18-28-27(31)32-25-16-10-14-21-13-6-7-15-23(21)25/h3-7,10-16,24,27-28,31H,1-2,8-9,17-20H2. The summed E-state index contributed by atoms with van der Waals surface area (Å²) in [6.45, 7) is 2.13. The molecule has 1 fully saturated rings. The Hall–Kier alpha value is -2.89. The summed E-state index contributed by atoms with van der Waals surface area (Å²) in [6, 6.07) is 23.7. The number of hydrogen-bond acceptors (Lipinski definition) is 4. The van der Waals surface area contributed by atoms with Crippen LogP contribution in [0.25, 0.3) is 10.8 Å². The Morgan fingerprint density at radius 1 is 0.906 bits per heavy atom. The van der Waals surface area contributed by atoms with Crippen LogP contribution in [0.5, 0.6) is 5.75 Å². The zero-order valence-corrected chi connectivity index (χ0v) is 18.5. The molecule has 32 heavy (non-hydrogen) atoms. The highest BCUT2D eigenvalue weighted by Gasteiger charge is 2.26. The van der Waals surface area contributed by atoms with Gasteiger partial charge in [-0.15, -0.1) is 0 Å². The number of amides is 1. The minimum atomic E-state index is -1.15. The molecule has 1 heterocycles. The molecule has 1 saturated heterocycles. The van der Waals surface area contributed by atoms with Crippen LogP contribution >= 0.6 is 0 Å². The van der Waals surface area contributed by atoms with Gasteiger partial charge in [-0.05, 0) is 36.3 Å². The van der Waals surface area contributed by atoms with Crippen LogP contribution in [-0.4, -0.2) is 42.0 Å². The Morgan fingerprint density at radius 2 is 1.59 bits per heavy atom. The number of nitrogens with one attached hydrogen (secondary N) is 1. The van der Waals surface area contributed by atoms with E-state index in [0.717, 1.165) is 42.3 Å². The van der Waals surface area contributed by atoms with Crippen molar-refractivity contribution in [3.8, 4) is 5.75 Å². The van der Waals surface area contributed by atoms with E-state index in [9.17, 15) is 9.90 Å². The molecule has 0 spiro atoms. The van der Waals surface area contributed by atoms with Gasteiger partial charge in [0.05, 0.1) is 5.92 Å². The topological polar surface area (TPSA) is 61.8 Å². The summed E-state index contributed by atoms with van der Waals surface area (Å²) >= 11 is 0. The van der Waals surface area contributed by atoms with Gasteiger partial charge in [-0.25, -0.2) is 0 Å². The molecule has 0 saturated carbocycles. The Morgan fingerprint density at radius 3 is 2.38 bits per heavy atom. The Bertz CT molecular complexity index is 995. The predicted octanol–water partition coefficient (Wildman–Crippen LogP) is 4.66. The fourth-order valence-corrected chi connectivity index (χ4v) is 4.44. The SMILES string of the molecule is O=C(C(CCNC(O)Oc1cccc2ccccc12)c1ccccc1)N1CCCCCC1. The van der Waals surface area contributed by atoms with Gasteiger partial charge in [-0.3, -0.25) is 10.1 Å². The summed E-state index contributed by atoms with van der Waals surface area (Å²) < 4.78 is 5.76. The highest BCUT2D eigenvalue weighted by molar-refractivity contribution is 5.88. The fraction of sp³-hybridized carbons (Fsp3) is 0.370. The molecule has 0 aromatic heterocycles. The molecule has 5 nitrogen and oxygen atoms in total. The zero-order chi connectivity index (χ0) is 22.2. The fourth-order valence-electron chi connectivity index (χ4n) is 4.44. The first-order valence-electron chi connectivity index (χ1n) is 11.6. The number of nitrogens with zero attached hydrogens (tertiary/aromatic N) is 1. The third-order valence-corrected chi connectivity index (χ3v) is 6.16. The first-order valence-corrected chi connectivity index (χ1v) is 11.6. The van der Waals surface area contributed by atoms with E-state index in [-0.39, 0.29) is 11.8 Å². The van der Waals surface area contributed by atoms with Crippen LogP contribution in [0.1, 0.15) is 43.6 Å². The maximum absolute atomic E-state index is 13.4. The van der Waals surface area contributed by atoms with Crippen molar-refractivity contribution in [3.05, 3.63) is 78.4 Å². The van der Waals surface area contributed by atoms with Crippen LogP contribution in [-0.2, 0) is 4.79 Å². The van der Waals surface area contributed by atoms with E-state index in [1.165, 1.54) is 12.8 Å². The number of rotatable bonds is 8. The molecule has 1 aliphatic rings. The molecule has 3 aromatic carbocycles. The molecule has 3 aromatic rings. The lowest BCUT2D eigenvalue weighted by atomic mass is 9.94. The van der Waals surface area contributed by atoms with E-state index < -0.39 is 6.41 Å². The average molecular weight is 433 g/mol. The van der Waals surface area contributed by atoms with E-state index in [0.29, 0.717) is 18.7 Å². The smallest absolute Gasteiger partial charge is 0.257 e. The minimum absolute atomic E-state index is 0.185. The molecule has 2 atom stereocenters. The molecule has 5 heteroatoms. The van der Waals surface area contributed by atoms with Crippen molar-refractivity contribution in [2.24, 2.45) is 0 Å². The van der Waals surface area contributed by atoms with Gasteiger partial charge in [-0.2, -0.15) is 0 Å². The summed E-state index contributed by atoms with van der Waals surface area (Å²) in [6.07, 6.45) is 3.98. The van der Waals surface area contributed by atoms with E-state index in [2.05, 4.69) is 5.32 Å². The largest absolute Gasteiger partial charge is 0.451 e.